The topological polar surface area (TPSA) is 58.9 Å². The van der Waals surface area contributed by atoms with Crippen LogP contribution >= 0.6 is 11.3 Å². The highest BCUT2D eigenvalue weighted by Gasteiger charge is 2.19. The molecule has 0 unspecified atom stereocenters. The van der Waals surface area contributed by atoms with E-state index in [1.807, 2.05) is 0 Å². The normalized spacial score (nSPS) is 15.0. The van der Waals surface area contributed by atoms with Crippen LogP contribution in [0.3, 0.4) is 0 Å². The van der Waals surface area contributed by atoms with Gasteiger partial charge in [-0.05, 0) is 0 Å². The Morgan fingerprint density at radius 1 is 1.42 bits per heavy atom. The van der Waals surface area contributed by atoms with E-state index in [4.69, 9.17) is 0 Å². The molecule has 0 saturated heterocycles. The fourth-order valence-corrected chi connectivity index (χ4v) is 2.91. The first-order valence-corrected chi connectivity index (χ1v) is 7.40. The summed E-state index contributed by atoms with van der Waals surface area (Å²) in [6.45, 7) is 7.81. The number of nitrogens with one attached hydrogen (secondary N) is 1. The Balaban J connectivity index is 1.67. The molecule has 6 nitrogen and oxygen atoms in total. The molecule has 3 heterocycles. The lowest BCUT2D eigenvalue weighted by molar-refractivity contribution is 0.556. The zero-order valence-corrected chi connectivity index (χ0v) is 12.0. The third-order valence-corrected chi connectivity index (χ3v) is 4.09. The van der Waals surface area contributed by atoms with Crippen LogP contribution in [0.2, 0.25) is 0 Å². The summed E-state index contributed by atoms with van der Waals surface area (Å²) in [6.07, 6.45) is 1.80. The first-order valence-electron chi connectivity index (χ1n) is 6.52. The molecule has 0 atom stereocenters. The van der Waals surface area contributed by atoms with Gasteiger partial charge in [0.25, 0.3) is 0 Å². The van der Waals surface area contributed by atoms with Gasteiger partial charge in [0.2, 0.25) is 0 Å². The minimum atomic E-state index is 0.485. The summed E-state index contributed by atoms with van der Waals surface area (Å²) >= 11 is 1.70. The van der Waals surface area contributed by atoms with Crippen LogP contribution in [0, 0.1) is 0 Å². The monoisotopic (exact) mass is 278 g/mol. The first-order chi connectivity index (χ1) is 9.22. The number of anilines is 1. The van der Waals surface area contributed by atoms with Gasteiger partial charge >= 0.3 is 0 Å². The quantitative estimate of drug-likeness (QED) is 0.912. The van der Waals surface area contributed by atoms with Gasteiger partial charge in [0.05, 0.1) is 12.2 Å². The Bertz CT molecular complexity index is 546. The molecule has 0 radical (unpaired) electrons. The zero-order valence-electron chi connectivity index (χ0n) is 11.2. The van der Waals surface area contributed by atoms with Crippen molar-refractivity contribution in [2.24, 2.45) is 0 Å². The van der Waals surface area contributed by atoms with Gasteiger partial charge < -0.3 is 14.8 Å². The van der Waals surface area contributed by atoms with Crippen molar-refractivity contribution in [1.82, 2.24) is 25.1 Å². The van der Waals surface area contributed by atoms with Gasteiger partial charge in [-0.15, -0.1) is 21.5 Å². The van der Waals surface area contributed by atoms with Crippen LogP contribution in [0.25, 0.3) is 0 Å². The number of nitrogens with zero attached hydrogens (tertiary/aromatic N) is 5. The van der Waals surface area contributed by atoms with Gasteiger partial charge in [-0.3, -0.25) is 0 Å². The highest BCUT2D eigenvalue weighted by atomic mass is 32.1. The second-order valence-electron chi connectivity index (χ2n) is 5.02. The largest absolute Gasteiger partial charge is 0.339 e. The van der Waals surface area contributed by atoms with Gasteiger partial charge in [-0.1, -0.05) is 13.8 Å². The van der Waals surface area contributed by atoms with Gasteiger partial charge in [0, 0.05) is 31.1 Å². The molecule has 2 aromatic rings. The summed E-state index contributed by atoms with van der Waals surface area (Å²) in [6, 6.07) is 0.485. The highest BCUT2D eigenvalue weighted by molar-refractivity contribution is 7.13. The Kier molecular flexibility index (Phi) is 3.48. The molecule has 0 aromatic carbocycles. The minimum Gasteiger partial charge on any atom is -0.339 e. The summed E-state index contributed by atoms with van der Waals surface area (Å²) in [5, 5.41) is 14.7. The fraction of sp³-hybridized carbons (Fsp3) is 0.583. The molecule has 1 aliphatic heterocycles. The molecule has 1 N–H and O–H groups in total. The van der Waals surface area contributed by atoms with E-state index < -0.39 is 0 Å². The van der Waals surface area contributed by atoms with Crippen molar-refractivity contribution in [3.63, 3.8) is 0 Å². The summed E-state index contributed by atoms with van der Waals surface area (Å²) in [5.74, 6) is 1.02. The van der Waals surface area contributed by atoms with Crippen molar-refractivity contribution < 1.29 is 0 Å². The summed E-state index contributed by atoms with van der Waals surface area (Å²) < 4.78 is 2.10. The van der Waals surface area contributed by atoms with Gasteiger partial charge in [0.15, 0.2) is 11.0 Å². The van der Waals surface area contributed by atoms with E-state index >= 15 is 0 Å². The Morgan fingerprint density at radius 3 is 3.16 bits per heavy atom. The summed E-state index contributed by atoms with van der Waals surface area (Å²) in [5.41, 5.74) is 1.11. The first kappa shape index (κ1) is 12.6. The van der Waals surface area contributed by atoms with Crippen LogP contribution in [-0.4, -0.2) is 32.3 Å². The maximum absolute atomic E-state index is 4.69. The molecule has 1 aliphatic rings. The van der Waals surface area contributed by atoms with Gasteiger partial charge in [-0.2, -0.15) is 0 Å². The minimum absolute atomic E-state index is 0.485. The van der Waals surface area contributed by atoms with E-state index in [9.17, 15) is 0 Å². The Labute approximate surface area is 116 Å². The van der Waals surface area contributed by atoms with Crippen LogP contribution in [0.4, 0.5) is 5.13 Å². The standard InChI is InChI=1S/C12H18N6S/c1-9(2)13-5-10-7-19-12(15-10)17-3-4-18-8-14-16-11(18)6-17/h7-9,13H,3-6H2,1-2H3. The third-order valence-electron chi connectivity index (χ3n) is 3.14. The number of rotatable bonds is 4. The van der Waals surface area contributed by atoms with Gasteiger partial charge in [0.1, 0.15) is 6.33 Å². The Morgan fingerprint density at radius 2 is 2.32 bits per heavy atom. The Hall–Kier alpha value is -1.47. The van der Waals surface area contributed by atoms with Crippen molar-refractivity contribution in [2.45, 2.75) is 39.5 Å². The lowest BCUT2D eigenvalue weighted by Crippen LogP contribution is -2.33. The SMILES string of the molecule is CC(C)NCc1csc(N2CCn3cnnc3C2)n1. The second kappa shape index (κ2) is 5.26. The van der Waals surface area contributed by atoms with E-state index in [0.29, 0.717) is 6.04 Å². The molecule has 0 aliphatic carbocycles. The van der Waals surface area contributed by atoms with E-state index in [0.717, 1.165) is 42.8 Å². The molecule has 0 spiro atoms. The summed E-state index contributed by atoms with van der Waals surface area (Å²) in [7, 11) is 0. The number of hydrogen-bond donors (Lipinski definition) is 1. The molecule has 2 aromatic heterocycles. The third kappa shape index (κ3) is 2.76. The molecular weight excluding hydrogens is 260 g/mol. The van der Waals surface area contributed by atoms with Crippen molar-refractivity contribution in [1.29, 1.82) is 0 Å². The van der Waals surface area contributed by atoms with E-state index in [2.05, 4.69) is 49.2 Å². The van der Waals surface area contributed by atoms with E-state index in [-0.39, 0.29) is 0 Å². The predicted octanol–water partition coefficient (Wildman–Crippen LogP) is 1.25. The van der Waals surface area contributed by atoms with Crippen molar-refractivity contribution in [3.05, 3.63) is 23.2 Å². The van der Waals surface area contributed by atoms with Crippen LogP contribution in [0.1, 0.15) is 25.4 Å². The fourth-order valence-electron chi connectivity index (χ4n) is 2.06. The maximum atomic E-state index is 4.69. The molecule has 19 heavy (non-hydrogen) atoms. The number of thiazole rings is 1. The number of aromatic nitrogens is 4. The van der Waals surface area contributed by atoms with Crippen LogP contribution < -0.4 is 10.2 Å². The van der Waals surface area contributed by atoms with Crippen molar-refractivity contribution in [3.8, 4) is 0 Å². The number of hydrogen-bond acceptors (Lipinski definition) is 6. The highest BCUT2D eigenvalue weighted by Crippen LogP contribution is 2.24. The van der Waals surface area contributed by atoms with Crippen LogP contribution in [-0.2, 0) is 19.6 Å². The van der Waals surface area contributed by atoms with Gasteiger partial charge in [-0.25, -0.2) is 4.98 Å². The average Bonchev–Trinajstić information content (AvgIpc) is 3.04. The summed E-state index contributed by atoms with van der Waals surface area (Å²) in [4.78, 5) is 6.96. The van der Waals surface area contributed by atoms with E-state index in [1.54, 1.807) is 17.7 Å². The maximum Gasteiger partial charge on any atom is 0.186 e. The zero-order chi connectivity index (χ0) is 13.2. The van der Waals surface area contributed by atoms with E-state index in [1.165, 1.54) is 0 Å². The molecule has 102 valence electrons. The average molecular weight is 278 g/mol. The molecule has 7 heteroatoms. The predicted molar refractivity (Wildman–Crippen MR) is 75.2 cm³/mol. The van der Waals surface area contributed by atoms with Crippen molar-refractivity contribution in [2.75, 3.05) is 11.4 Å². The molecule has 0 saturated carbocycles. The molecule has 0 amide bonds. The second-order valence-corrected chi connectivity index (χ2v) is 5.86. The number of fused-ring (bicyclic) bond motifs is 1. The molecular formula is C12H18N6S. The molecule has 0 fully saturated rings. The molecule has 0 bridgehead atoms. The smallest absolute Gasteiger partial charge is 0.186 e. The van der Waals surface area contributed by atoms with Crippen LogP contribution in [0.5, 0.6) is 0 Å². The van der Waals surface area contributed by atoms with Crippen molar-refractivity contribution >= 4 is 16.5 Å². The lowest BCUT2D eigenvalue weighted by atomic mass is 10.3. The lowest BCUT2D eigenvalue weighted by Gasteiger charge is -2.26. The van der Waals surface area contributed by atoms with Crippen LogP contribution in [0.15, 0.2) is 11.7 Å². The molecule has 3 rings (SSSR count).